The molecule has 0 aliphatic rings. The average molecular weight is 408 g/mol. The third kappa shape index (κ3) is 5.20. The lowest BCUT2D eigenvalue weighted by atomic mass is 9.94. The number of carbonyl (C=O) groups excluding carboxylic acids is 1. The Morgan fingerprint density at radius 3 is 2.14 bits per heavy atom. The minimum Gasteiger partial charge on any atom is -0.497 e. The van der Waals surface area contributed by atoms with Crippen LogP contribution in [-0.4, -0.2) is 37.3 Å². The van der Waals surface area contributed by atoms with Gasteiger partial charge >= 0.3 is 0 Å². The summed E-state index contributed by atoms with van der Waals surface area (Å²) in [4.78, 5) is 17.4. The Bertz CT molecular complexity index is 845. The van der Waals surface area contributed by atoms with Crippen LogP contribution < -0.4 is 14.4 Å². The smallest absolute Gasteiger partial charge is 0.215 e. The number of benzene rings is 1. The lowest BCUT2D eigenvalue weighted by molar-refractivity contribution is -0.107. The second-order valence-corrected chi connectivity index (χ2v) is 7.18. The Balaban J connectivity index is 2.44. The summed E-state index contributed by atoms with van der Waals surface area (Å²) in [6, 6.07) is 5.31. The summed E-state index contributed by atoms with van der Waals surface area (Å²) in [6.45, 7) is 4.88. The van der Waals surface area contributed by atoms with Gasteiger partial charge in [-0.1, -0.05) is 6.92 Å². The van der Waals surface area contributed by atoms with Crippen LogP contribution in [0.15, 0.2) is 24.3 Å². The highest BCUT2D eigenvalue weighted by Gasteiger charge is 2.25. The van der Waals surface area contributed by atoms with E-state index in [1.165, 1.54) is 25.2 Å². The fourth-order valence-corrected chi connectivity index (χ4v) is 2.99. The van der Waals surface area contributed by atoms with Gasteiger partial charge in [0.2, 0.25) is 6.41 Å². The van der Waals surface area contributed by atoms with Crippen LogP contribution in [0.1, 0.15) is 44.4 Å². The fourth-order valence-electron chi connectivity index (χ4n) is 2.99. The topological polar surface area (TPSA) is 71.9 Å². The molecule has 0 spiro atoms. The van der Waals surface area contributed by atoms with Crippen molar-refractivity contribution in [3.05, 3.63) is 47.2 Å². The monoisotopic (exact) mass is 408 g/mol. The van der Waals surface area contributed by atoms with Crippen LogP contribution in [-0.2, 0) is 10.4 Å². The maximum Gasteiger partial charge on any atom is 0.215 e. The molecule has 1 aromatic heterocycles. The fraction of sp³-hybridized carbons (Fsp3) is 0.429. The number of nitrogens with zero attached hydrogens (tertiary/aromatic N) is 2. The van der Waals surface area contributed by atoms with Crippen molar-refractivity contribution in [3.8, 4) is 11.5 Å². The number of halogens is 2. The molecule has 1 atom stereocenters. The van der Waals surface area contributed by atoms with Crippen molar-refractivity contribution < 1.29 is 28.2 Å². The van der Waals surface area contributed by atoms with Crippen molar-refractivity contribution in [1.29, 1.82) is 0 Å². The number of aliphatic hydroxyl groups is 1. The summed E-state index contributed by atoms with van der Waals surface area (Å²) in [5.74, 6) is -1.41. The first-order valence-electron chi connectivity index (χ1n) is 9.18. The molecule has 2 aromatic rings. The Labute approximate surface area is 169 Å². The van der Waals surface area contributed by atoms with E-state index in [2.05, 4.69) is 4.98 Å². The van der Waals surface area contributed by atoms with E-state index in [4.69, 9.17) is 9.47 Å². The number of hydrogen-bond acceptors (Lipinski definition) is 5. The van der Waals surface area contributed by atoms with E-state index in [9.17, 15) is 18.7 Å². The van der Waals surface area contributed by atoms with Crippen LogP contribution >= 0.6 is 0 Å². The summed E-state index contributed by atoms with van der Waals surface area (Å²) in [7, 11) is 2.78. The van der Waals surface area contributed by atoms with E-state index in [1.54, 1.807) is 26.8 Å². The molecule has 1 aromatic carbocycles. The van der Waals surface area contributed by atoms with E-state index < -0.39 is 23.2 Å². The lowest BCUT2D eigenvalue weighted by Gasteiger charge is -2.26. The number of carbonyl (C=O) groups is 1. The second-order valence-electron chi connectivity index (χ2n) is 7.18. The molecule has 0 saturated carbocycles. The second kappa shape index (κ2) is 9.17. The van der Waals surface area contributed by atoms with Gasteiger partial charge in [0, 0.05) is 42.3 Å². The van der Waals surface area contributed by atoms with Crippen molar-refractivity contribution in [2.45, 2.75) is 38.7 Å². The molecule has 0 aliphatic carbocycles. The molecule has 0 aliphatic heterocycles. The number of pyridine rings is 1. The zero-order valence-electron chi connectivity index (χ0n) is 17.2. The third-order valence-corrected chi connectivity index (χ3v) is 4.68. The first-order chi connectivity index (χ1) is 13.6. The van der Waals surface area contributed by atoms with Gasteiger partial charge in [-0.15, -0.1) is 0 Å². The van der Waals surface area contributed by atoms with Gasteiger partial charge in [-0.05, 0) is 20.3 Å². The molecule has 1 unspecified atom stereocenters. The molecule has 1 heterocycles. The van der Waals surface area contributed by atoms with Gasteiger partial charge in [-0.3, -0.25) is 9.69 Å². The SMILES string of the molecule is CCC(CN(C=O)c1cc(OC)cc(C(C)(C)O)n1)c1c(F)cc(OC)cc1F. The highest BCUT2D eigenvalue weighted by molar-refractivity contribution is 5.74. The quantitative estimate of drug-likeness (QED) is 0.640. The van der Waals surface area contributed by atoms with Gasteiger partial charge in [-0.25, -0.2) is 13.8 Å². The number of rotatable bonds is 9. The Hall–Kier alpha value is -2.74. The first kappa shape index (κ1) is 22.5. The molecule has 0 bridgehead atoms. The van der Waals surface area contributed by atoms with E-state index in [-0.39, 0.29) is 23.7 Å². The number of amides is 1. The lowest BCUT2D eigenvalue weighted by Crippen LogP contribution is -2.30. The van der Waals surface area contributed by atoms with E-state index in [1.807, 2.05) is 0 Å². The molecule has 6 nitrogen and oxygen atoms in total. The predicted octanol–water partition coefficient (Wildman–Crippen LogP) is 3.76. The molecule has 158 valence electrons. The number of anilines is 1. The molecule has 0 radical (unpaired) electrons. The Morgan fingerprint density at radius 1 is 1.14 bits per heavy atom. The van der Waals surface area contributed by atoms with Crippen LogP contribution in [0.4, 0.5) is 14.6 Å². The van der Waals surface area contributed by atoms with E-state index >= 15 is 0 Å². The van der Waals surface area contributed by atoms with Gasteiger partial charge in [-0.2, -0.15) is 0 Å². The van der Waals surface area contributed by atoms with Crippen LogP contribution in [0.2, 0.25) is 0 Å². The van der Waals surface area contributed by atoms with Crippen molar-refractivity contribution in [1.82, 2.24) is 4.98 Å². The molecule has 2 rings (SSSR count). The van der Waals surface area contributed by atoms with Crippen LogP contribution in [0.5, 0.6) is 11.5 Å². The zero-order chi connectivity index (χ0) is 21.8. The third-order valence-electron chi connectivity index (χ3n) is 4.68. The molecular weight excluding hydrogens is 382 g/mol. The molecular formula is C21H26F2N2O4. The summed E-state index contributed by atoms with van der Waals surface area (Å²) < 4.78 is 39.2. The average Bonchev–Trinajstić information content (AvgIpc) is 2.68. The molecule has 0 saturated heterocycles. The van der Waals surface area contributed by atoms with Crippen molar-refractivity contribution in [3.63, 3.8) is 0 Å². The molecule has 8 heteroatoms. The van der Waals surface area contributed by atoms with Gasteiger partial charge < -0.3 is 14.6 Å². The maximum atomic E-state index is 14.5. The highest BCUT2D eigenvalue weighted by atomic mass is 19.1. The number of aromatic nitrogens is 1. The number of hydrogen-bond donors (Lipinski definition) is 1. The van der Waals surface area contributed by atoms with E-state index in [0.717, 1.165) is 12.1 Å². The number of ether oxygens (including phenoxy) is 2. The molecule has 1 amide bonds. The van der Waals surface area contributed by atoms with Gasteiger partial charge in [0.25, 0.3) is 0 Å². The highest BCUT2D eigenvalue weighted by Crippen LogP contribution is 2.32. The van der Waals surface area contributed by atoms with E-state index in [0.29, 0.717) is 24.3 Å². The van der Waals surface area contributed by atoms with Crippen molar-refractivity contribution >= 4 is 12.2 Å². The standard InChI is InChI=1S/C21H26F2N2O4/c1-6-13(20-16(22)7-14(28-4)8-17(20)23)11-25(12-26)19-10-15(29-5)9-18(24-19)21(2,3)27/h7-10,12-13,27H,6,11H2,1-5H3. The van der Waals surface area contributed by atoms with Crippen LogP contribution in [0.3, 0.4) is 0 Å². The van der Waals surface area contributed by atoms with Gasteiger partial charge in [0.15, 0.2) is 0 Å². The van der Waals surface area contributed by atoms with Gasteiger partial charge in [0.05, 0.1) is 19.9 Å². The van der Waals surface area contributed by atoms with Crippen LogP contribution in [0.25, 0.3) is 0 Å². The summed E-state index contributed by atoms with van der Waals surface area (Å²) >= 11 is 0. The van der Waals surface area contributed by atoms with Crippen LogP contribution in [0, 0.1) is 11.6 Å². The Morgan fingerprint density at radius 2 is 1.69 bits per heavy atom. The van der Waals surface area contributed by atoms with Gasteiger partial charge in [0.1, 0.15) is 34.6 Å². The summed E-state index contributed by atoms with van der Waals surface area (Å²) in [5.41, 5.74) is -1.09. The normalized spacial score (nSPS) is 12.4. The first-order valence-corrected chi connectivity index (χ1v) is 9.18. The summed E-state index contributed by atoms with van der Waals surface area (Å²) in [6.07, 6.45) is 0.921. The molecule has 1 N–H and O–H groups in total. The maximum absolute atomic E-state index is 14.5. The largest absolute Gasteiger partial charge is 0.497 e. The molecule has 29 heavy (non-hydrogen) atoms. The predicted molar refractivity (Wildman–Crippen MR) is 105 cm³/mol. The van der Waals surface area contributed by atoms with Crippen molar-refractivity contribution in [2.24, 2.45) is 0 Å². The molecule has 0 fully saturated rings. The number of methoxy groups -OCH3 is 2. The van der Waals surface area contributed by atoms with Crippen molar-refractivity contribution in [2.75, 3.05) is 25.7 Å². The minimum atomic E-state index is -1.27. The zero-order valence-corrected chi connectivity index (χ0v) is 17.2. The Kier molecular flexibility index (Phi) is 7.13. The minimum absolute atomic E-state index is 0.00830. The summed E-state index contributed by atoms with van der Waals surface area (Å²) in [5, 5.41) is 10.3.